The summed E-state index contributed by atoms with van der Waals surface area (Å²) in [6.45, 7) is 2.72. The third-order valence-corrected chi connectivity index (χ3v) is 3.43. The molecular formula is C11H21NO2. The molecule has 0 aromatic carbocycles. The Bertz CT molecular complexity index is 163. The number of hydrogen-bond acceptors (Lipinski definition) is 3. The largest absolute Gasteiger partial charge is 0.381 e. The Morgan fingerprint density at radius 2 is 1.93 bits per heavy atom. The lowest BCUT2D eigenvalue weighted by Gasteiger charge is -2.28. The van der Waals surface area contributed by atoms with Gasteiger partial charge < -0.3 is 15.2 Å². The summed E-state index contributed by atoms with van der Waals surface area (Å²) in [5, 5.41) is 0. The highest BCUT2D eigenvalue weighted by Gasteiger charge is 2.25. The molecule has 0 bridgehead atoms. The van der Waals surface area contributed by atoms with Crippen molar-refractivity contribution >= 4 is 0 Å². The first-order valence-corrected chi connectivity index (χ1v) is 5.81. The van der Waals surface area contributed by atoms with E-state index in [1.165, 1.54) is 12.8 Å². The molecule has 2 aliphatic rings. The molecule has 3 nitrogen and oxygen atoms in total. The molecule has 2 N–H and O–H groups in total. The molecule has 0 spiro atoms. The third-order valence-electron chi connectivity index (χ3n) is 3.43. The van der Waals surface area contributed by atoms with Gasteiger partial charge in [0.25, 0.3) is 0 Å². The second kappa shape index (κ2) is 5.10. The van der Waals surface area contributed by atoms with Crippen molar-refractivity contribution in [3.8, 4) is 0 Å². The Morgan fingerprint density at radius 3 is 2.57 bits per heavy atom. The van der Waals surface area contributed by atoms with Crippen LogP contribution in [-0.4, -0.2) is 32.0 Å². The van der Waals surface area contributed by atoms with Gasteiger partial charge in [0, 0.05) is 25.9 Å². The fraction of sp³-hybridized carbons (Fsp3) is 1.00. The van der Waals surface area contributed by atoms with Crippen LogP contribution in [0.15, 0.2) is 0 Å². The number of ether oxygens (including phenoxy) is 2. The molecule has 2 heterocycles. The number of rotatable bonds is 3. The summed E-state index contributed by atoms with van der Waals surface area (Å²) in [5.41, 5.74) is 6.19. The fourth-order valence-corrected chi connectivity index (χ4v) is 2.47. The van der Waals surface area contributed by atoms with Crippen LogP contribution in [0.3, 0.4) is 0 Å². The smallest absolute Gasteiger partial charge is 0.0590 e. The standard InChI is InChI=1S/C11H21NO2/c12-11(8-10-2-1-5-14-10)9-3-6-13-7-4-9/h9-11H,1-8,12H2. The van der Waals surface area contributed by atoms with Gasteiger partial charge in [-0.1, -0.05) is 0 Å². The van der Waals surface area contributed by atoms with Crippen LogP contribution in [0, 0.1) is 5.92 Å². The highest BCUT2D eigenvalue weighted by atomic mass is 16.5. The Balaban J connectivity index is 1.72. The Kier molecular flexibility index (Phi) is 3.79. The molecule has 0 aromatic heterocycles. The van der Waals surface area contributed by atoms with Gasteiger partial charge in [-0.15, -0.1) is 0 Å². The van der Waals surface area contributed by atoms with Gasteiger partial charge >= 0.3 is 0 Å². The first kappa shape index (κ1) is 10.4. The Morgan fingerprint density at radius 1 is 1.14 bits per heavy atom. The molecule has 2 unspecified atom stereocenters. The van der Waals surface area contributed by atoms with Gasteiger partial charge in [0.1, 0.15) is 0 Å². The molecule has 0 radical (unpaired) electrons. The van der Waals surface area contributed by atoms with E-state index in [4.69, 9.17) is 15.2 Å². The first-order valence-electron chi connectivity index (χ1n) is 5.81. The van der Waals surface area contributed by atoms with Crippen LogP contribution < -0.4 is 5.73 Å². The Labute approximate surface area is 85.9 Å². The van der Waals surface area contributed by atoms with Crippen molar-refractivity contribution in [3.05, 3.63) is 0 Å². The molecule has 0 amide bonds. The van der Waals surface area contributed by atoms with Gasteiger partial charge in [-0.2, -0.15) is 0 Å². The van der Waals surface area contributed by atoms with Crippen molar-refractivity contribution in [2.24, 2.45) is 11.7 Å². The van der Waals surface area contributed by atoms with E-state index in [1.54, 1.807) is 0 Å². The molecule has 14 heavy (non-hydrogen) atoms. The lowest BCUT2D eigenvalue weighted by atomic mass is 9.88. The maximum Gasteiger partial charge on any atom is 0.0590 e. The van der Waals surface area contributed by atoms with Crippen LogP contribution in [0.2, 0.25) is 0 Å². The molecule has 0 aliphatic carbocycles. The monoisotopic (exact) mass is 199 g/mol. The molecule has 3 heteroatoms. The summed E-state index contributed by atoms with van der Waals surface area (Å²) in [7, 11) is 0. The lowest BCUT2D eigenvalue weighted by Crippen LogP contribution is -2.36. The van der Waals surface area contributed by atoms with E-state index in [9.17, 15) is 0 Å². The normalized spacial score (nSPS) is 31.9. The molecule has 2 saturated heterocycles. The van der Waals surface area contributed by atoms with Gasteiger partial charge in [0.05, 0.1) is 6.10 Å². The van der Waals surface area contributed by atoms with Crippen molar-refractivity contribution in [1.82, 2.24) is 0 Å². The van der Waals surface area contributed by atoms with Crippen molar-refractivity contribution in [1.29, 1.82) is 0 Å². The van der Waals surface area contributed by atoms with Crippen LogP contribution in [0.1, 0.15) is 32.1 Å². The maximum atomic E-state index is 6.19. The van der Waals surface area contributed by atoms with Crippen LogP contribution >= 0.6 is 0 Å². The summed E-state index contributed by atoms with van der Waals surface area (Å²) in [6.07, 6.45) is 6.17. The zero-order valence-electron chi connectivity index (χ0n) is 8.78. The van der Waals surface area contributed by atoms with E-state index < -0.39 is 0 Å². The van der Waals surface area contributed by atoms with Gasteiger partial charge in [-0.25, -0.2) is 0 Å². The SMILES string of the molecule is NC(CC1CCCO1)C1CCOCC1. The summed E-state index contributed by atoms with van der Waals surface area (Å²) in [5.74, 6) is 0.660. The van der Waals surface area contributed by atoms with E-state index in [1.807, 2.05) is 0 Å². The van der Waals surface area contributed by atoms with E-state index in [0.29, 0.717) is 18.1 Å². The minimum absolute atomic E-state index is 0.321. The summed E-state index contributed by atoms with van der Waals surface area (Å²) in [6, 6.07) is 0.321. The second-order valence-electron chi connectivity index (χ2n) is 4.48. The third kappa shape index (κ3) is 2.69. The topological polar surface area (TPSA) is 44.5 Å². The second-order valence-corrected chi connectivity index (χ2v) is 4.48. The van der Waals surface area contributed by atoms with E-state index in [2.05, 4.69) is 0 Å². The van der Waals surface area contributed by atoms with E-state index >= 15 is 0 Å². The van der Waals surface area contributed by atoms with Crippen molar-refractivity contribution < 1.29 is 9.47 Å². The fourth-order valence-electron chi connectivity index (χ4n) is 2.47. The van der Waals surface area contributed by atoms with Crippen molar-refractivity contribution in [2.45, 2.75) is 44.2 Å². The van der Waals surface area contributed by atoms with Crippen LogP contribution in [-0.2, 0) is 9.47 Å². The van der Waals surface area contributed by atoms with E-state index in [-0.39, 0.29) is 0 Å². The number of nitrogens with two attached hydrogens (primary N) is 1. The summed E-state index contributed by atoms with van der Waals surface area (Å²) >= 11 is 0. The van der Waals surface area contributed by atoms with Gasteiger partial charge in [0.2, 0.25) is 0 Å². The van der Waals surface area contributed by atoms with Gasteiger partial charge in [-0.3, -0.25) is 0 Å². The quantitative estimate of drug-likeness (QED) is 0.745. The molecule has 2 atom stereocenters. The summed E-state index contributed by atoms with van der Waals surface area (Å²) < 4.78 is 10.9. The molecule has 0 aromatic rings. The van der Waals surface area contributed by atoms with Crippen LogP contribution in [0.25, 0.3) is 0 Å². The highest BCUT2D eigenvalue weighted by molar-refractivity contribution is 4.79. The van der Waals surface area contributed by atoms with Crippen molar-refractivity contribution in [3.63, 3.8) is 0 Å². The van der Waals surface area contributed by atoms with Gasteiger partial charge in [-0.05, 0) is 38.0 Å². The predicted octanol–water partition coefficient (Wildman–Crippen LogP) is 1.31. The summed E-state index contributed by atoms with van der Waals surface area (Å²) in [4.78, 5) is 0. The highest BCUT2D eigenvalue weighted by Crippen LogP contribution is 2.24. The average Bonchev–Trinajstić information content (AvgIpc) is 2.72. The van der Waals surface area contributed by atoms with E-state index in [0.717, 1.165) is 39.1 Å². The first-order chi connectivity index (χ1) is 6.86. The minimum Gasteiger partial charge on any atom is -0.381 e. The molecule has 0 saturated carbocycles. The van der Waals surface area contributed by atoms with Crippen LogP contribution in [0.4, 0.5) is 0 Å². The minimum atomic E-state index is 0.321. The average molecular weight is 199 g/mol. The molecule has 2 fully saturated rings. The zero-order chi connectivity index (χ0) is 9.80. The molecular weight excluding hydrogens is 178 g/mol. The number of hydrogen-bond donors (Lipinski definition) is 1. The van der Waals surface area contributed by atoms with Crippen LogP contribution in [0.5, 0.6) is 0 Å². The van der Waals surface area contributed by atoms with Gasteiger partial charge in [0.15, 0.2) is 0 Å². The molecule has 2 aliphatic heterocycles. The maximum absolute atomic E-state index is 6.19. The molecule has 2 rings (SSSR count). The Hall–Kier alpha value is -0.120. The lowest BCUT2D eigenvalue weighted by molar-refractivity contribution is 0.0437. The van der Waals surface area contributed by atoms with Crippen molar-refractivity contribution in [2.75, 3.05) is 19.8 Å². The zero-order valence-corrected chi connectivity index (χ0v) is 8.78. The predicted molar refractivity (Wildman–Crippen MR) is 55.1 cm³/mol. The molecule has 82 valence electrons.